The Morgan fingerprint density at radius 3 is 2.32 bits per heavy atom. The molecule has 0 atom stereocenters. The first kappa shape index (κ1) is 19.7. The first-order valence-electron chi connectivity index (χ1n) is 7.70. The summed E-state index contributed by atoms with van der Waals surface area (Å²) < 4.78 is 16.4. The van der Waals surface area contributed by atoms with Gasteiger partial charge in [-0.3, -0.25) is 4.79 Å². The SMILES string of the molecule is CCOC(=O)CCCOc1cc(Cl)ccc1Oc1ccc(Cl)cc1Cl. The number of benzene rings is 2. The molecule has 0 aliphatic rings. The number of halogens is 3. The van der Waals surface area contributed by atoms with E-state index in [1.165, 1.54) is 0 Å². The van der Waals surface area contributed by atoms with Crippen molar-refractivity contribution >= 4 is 40.8 Å². The average molecular weight is 404 g/mol. The fourth-order valence-corrected chi connectivity index (χ4v) is 2.60. The molecule has 0 aliphatic carbocycles. The summed E-state index contributed by atoms with van der Waals surface area (Å²) in [5.41, 5.74) is 0. The summed E-state index contributed by atoms with van der Waals surface area (Å²) >= 11 is 18.0. The van der Waals surface area contributed by atoms with Crippen LogP contribution in [0, 0.1) is 0 Å². The summed E-state index contributed by atoms with van der Waals surface area (Å²) in [5, 5.41) is 1.41. The molecule has 0 saturated heterocycles. The van der Waals surface area contributed by atoms with Crippen molar-refractivity contribution in [1.29, 1.82) is 0 Å². The normalized spacial score (nSPS) is 10.4. The highest BCUT2D eigenvalue weighted by molar-refractivity contribution is 6.35. The zero-order chi connectivity index (χ0) is 18.2. The molecule has 0 saturated carbocycles. The van der Waals surface area contributed by atoms with Crippen molar-refractivity contribution in [2.75, 3.05) is 13.2 Å². The first-order chi connectivity index (χ1) is 12.0. The van der Waals surface area contributed by atoms with E-state index in [2.05, 4.69) is 0 Å². The quantitative estimate of drug-likeness (QED) is 0.391. The van der Waals surface area contributed by atoms with Crippen LogP contribution in [-0.2, 0) is 9.53 Å². The Morgan fingerprint density at radius 2 is 1.64 bits per heavy atom. The van der Waals surface area contributed by atoms with Gasteiger partial charge in [0.05, 0.1) is 18.2 Å². The molecule has 0 heterocycles. The van der Waals surface area contributed by atoms with Gasteiger partial charge in [-0.1, -0.05) is 34.8 Å². The van der Waals surface area contributed by atoms with Gasteiger partial charge in [-0.15, -0.1) is 0 Å². The molecular formula is C18H17Cl3O4. The van der Waals surface area contributed by atoms with Crippen molar-refractivity contribution in [3.05, 3.63) is 51.5 Å². The number of hydrogen-bond acceptors (Lipinski definition) is 4. The average Bonchev–Trinajstić information content (AvgIpc) is 2.56. The molecule has 2 aromatic rings. The summed E-state index contributed by atoms with van der Waals surface area (Å²) in [6.45, 7) is 2.46. The Labute approximate surface area is 161 Å². The van der Waals surface area contributed by atoms with Crippen LogP contribution in [0.1, 0.15) is 19.8 Å². The highest BCUT2D eigenvalue weighted by Gasteiger charge is 2.11. The fourth-order valence-electron chi connectivity index (χ4n) is 1.99. The molecule has 4 nitrogen and oxygen atoms in total. The van der Waals surface area contributed by atoms with Gasteiger partial charge in [-0.2, -0.15) is 0 Å². The Balaban J connectivity index is 2.03. The van der Waals surface area contributed by atoms with Crippen LogP contribution >= 0.6 is 34.8 Å². The van der Waals surface area contributed by atoms with Crippen LogP contribution in [0.15, 0.2) is 36.4 Å². The molecule has 0 aliphatic heterocycles. The first-order valence-corrected chi connectivity index (χ1v) is 8.84. The largest absolute Gasteiger partial charge is 0.490 e. The summed E-state index contributed by atoms with van der Waals surface area (Å²) in [4.78, 5) is 11.3. The van der Waals surface area contributed by atoms with Crippen molar-refractivity contribution in [2.45, 2.75) is 19.8 Å². The maximum atomic E-state index is 11.3. The Morgan fingerprint density at radius 1 is 0.960 bits per heavy atom. The topological polar surface area (TPSA) is 44.8 Å². The molecule has 25 heavy (non-hydrogen) atoms. The van der Waals surface area contributed by atoms with Crippen molar-refractivity contribution in [3.8, 4) is 17.2 Å². The third-order valence-corrected chi connectivity index (χ3v) is 3.87. The van der Waals surface area contributed by atoms with Gasteiger partial charge < -0.3 is 14.2 Å². The van der Waals surface area contributed by atoms with E-state index < -0.39 is 0 Å². The van der Waals surface area contributed by atoms with E-state index in [9.17, 15) is 4.79 Å². The lowest BCUT2D eigenvalue weighted by Crippen LogP contribution is -2.07. The van der Waals surface area contributed by atoms with E-state index in [1.807, 2.05) is 0 Å². The molecule has 0 N–H and O–H groups in total. The van der Waals surface area contributed by atoms with E-state index in [4.69, 9.17) is 49.0 Å². The maximum Gasteiger partial charge on any atom is 0.305 e. The van der Waals surface area contributed by atoms with Crippen molar-refractivity contribution in [1.82, 2.24) is 0 Å². The molecule has 2 rings (SSSR count). The van der Waals surface area contributed by atoms with Gasteiger partial charge in [0.2, 0.25) is 0 Å². The van der Waals surface area contributed by atoms with Gasteiger partial charge in [-0.25, -0.2) is 0 Å². The predicted molar refractivity (Wildman–Crippen MR) is 99.4 cm³/mol. The monoisotopic (exact) mass is 402 g/mol. The van der Waals surface area contributed by atoms with E-state index in [-0.39, 0.29) is 12.4 Å². The van der Waals surface area contributed by atoms with Crippen LogP contribution in [0.4, 0.5) is 0 Å². The Bertz CT molecular complexity index is 734. The molecule has 134 valence electrons. The van der Waals surface area contributed by atoms with E-state index in [0.717, 1.165) is 0 Å². The standard InChI is InChI=1S/C18H17Cl3O4/c1-2-23-18(22)4-3-9-24-17-11-13(20)6-8-16(17)25-15-7-5-12(19)10-14(15)21/h5-8,10-11H,2-4,9H2,1H3. The molecule has 0 amide bonds. The summed E-state index contributed by atoms with van der Waals surface area (Å²) in [6, 6.07) is 9.96. The van der Waals surface area contributed by atoms with E-state index in [1.54, 1.807) is 43.3 Å². The van der Waals surface area contributed by atoms with Gasteiger partial charge in [0.15, 0.2) is 11.5 Å². The zero-order valence-electron chi connectivity index (χ0n) is 13.6. The van der Waals surface area contributed by atoms with Gasteiger partial charge in [0, 0.05) is 22.5 Å². The minimum Gasteiger partial charge on any atom is -0.490 e. The van der Waals surface area contributed by atoms with E-state index >= 15 is 0 Å². The van der Waals surface area contributed by atoms with Crippen LogP contribution in [0.5, 0.6) is 17.2 Å². The molecular weight excluding hydrogens is 387 g/mol. The molecule has 0 radical (unpaired) electrons. The minimum absolute atomic E-state index is 0.249. The summed E-state index contributed by atoms with van der Waals surface area (Å²) in [5.74, 6) is 1.12. The number of carbonyl (C=O) groups excluding carboxylic acids is 1. The second kappa shape index (κ2) is 9.76. The molecule has 0 bridgehead atoms. The molecule has 7 heteroatoms. The number of hydrogen-bond donors (Lipinski definition) is 0. The van der Waals surface area contributed by atoms with Gasteiger partial charge >= 0.3 is 5.97 Å². The lowest BCUT2D eigenvalue weighted by molar-refractivity contribution is -0.143. The fraction of sp³-hybridized carbons (Fsp3) is 0.278. The van der Waals surface area contributed by atoms with Crippen molar-refractivity contribution in [2.24, 2.45) is 0 Å². The van der Waals surface area contributed by atoms with Crippen LogP contribution < -0.4 is 9.47 Å². The Hall–Kier alpha value is -1.62. The lowest BCUT2D eigenvalue weighted by atomic mass is 10.3. The van der Waals surface area contributed by atoms with Crippen LogP contribution in [0.2, 0.25) is 15.1 Å². The molecule has 0 spiro atoms. The summed E-state index contributed by atoms with van der Waals surface area (Å²) in [6.07, 6.45) is 0.806. The third kappa shape index (κ3) is 6.31. The highest BCUT2D eigenvalue weighted by Crippen LogP contribution is 2.37. The zero-order valence-corrected chi connectivity index (χ0v) is 15.8. The smallest absolute Gasteiger partial charge is 0.305 e. The second-order valence-electron chi connectivity index (χ2n) is 5.02. The van der Waals surface area contributed by atoms with Crippen molar-refractivity contribution in [3.63, 3.8) is 0 Å². The molecule has 0 aromatic heterocycles. The lowest BCUT2D eigenvalue weighted by Gasteiger charge is -2.14. The van der Waals surface area contributed by atoms with Crippen molar-refractivity contribution < 1.29 is 19.0 Å². The highest BCUT2D eigenvalue weighted by atomic mass is 35.5. The number of ether oxygens (including phenoxy) is 3. The molecule has 0 unspecified atom stereocenters. The Kier molecular flexibility index (Phi) is 7.69. The maximum absolute atomic E-state index is 11.3. The number of carbonyl (C=O) groups is 1. The van der Waals surface area contributed by atoms with Crippen LogP contribution in [0.3, 0.4) is 0 Å². The van der Waals surface area contributed by atoms with Gasteiger partial charge in [0.25, 0.3) is 0 Å². The third-order valence-electron chi connectivity index (χ3n) is 3.11. The molecule has 2 aromatic carbocycles. The summed E-state index contributed by atoms with van der Waals surface area (Å²) in [7, 11) is 0. The minimum atomic E-state index is -0.249. The van der Waals surface area contributed by atoms with Gasteiger partial charge in [-0.05, 0) is 43.7 Å². The number of rotatable bonds is 8. The molecule has 0 fully saturated rings. The van der Waals surface area contributed by atoms with Crippen LogP contribution in [-0.4, -0.2) is 19.2 Å². The second-order valence-corrected chi connectivity index (χ2v) is 6.30. The number of esters is 1. The predicted octanol–water partition coefficient (Wildman–Crippen LogP) is 6.16. The van der Waals surface area contributed by atoms with Gasteiger partial charge in [0.1, 0.15) is 5.75 Å². The van der Waals surface area contributed by atoms with Crippen LogP contribution in [0.25, 0.3) is 0 Å². The van der Waals surface area contributed by atoms with E-state index in [0.29, 0.717) is 52.0 Å².